The molecular weight excluding hydrogens is 224 g/mol. The number of aromatic nitrogens is 1. The Morgan fingerprint density at radius 3 is 2.83 bits per heavy atom. The highest BCUT2D eigenvalue weighted by Crippen LogP contribution is 2.30. The van der Waals surface area contributed by atoms with Gasteiger partial charge in [-0.25, -0.2) is 4.98 Å². The molecule has 0 aliphatic carbocycles. The number of nitrogens with one attached hydrogen (secondary N) is 1. The highest BCUT2D eigenvalue weighted by molar-refractivity contribution is 5.86. The molecule has 3 heteroatoms. The summed E-state index contributed by atoms with van der Waals surface area (Å²) in [5.74, 6) is 0.926. The van der Waals surface area contributed by atoms with Gasteiger partial charge in [0.05, 0.1) is 0 Å². The van der Waals surface area contributed by atoms with Gasteiger partial charge in [-0.3, -0.25) is 4.79 Å². The second-order valence-electron chi connectivity index (χ2n) is 4.57. The van der Waals surface area contributed by atoms with E-state index in [1.807, 2.05) is 24.3 Å². The molecular formula is C15H14N2O. The summed E-state index contributed by atoms with van der Waals surface area (Å²) in [7, 11) is 0. The third-order valence-electron chi connectivity index (χ3n) is 3.33. The Kier molecular flexibility index (Phi) is 2.59. The fourth-order valence-corrected chi connectivity index (χ4v) is 2.43. The van der Waals surface area contributed by atoms with Crippen LogP contribution < -0.4 is 5.32 Å². The molecule has 0 bridgehead atoms. The van der Waals surface area contributed by atoms with Crippen LogP contribution in [0.25, 0.3) is 0 Å². The number of fused-ring (bicyclic) bond motifs is 2. The molecule has 0 saturated carbocycles. The monoisotopic (exact) mass is 238 g/mol. The molecule has 1 N–H and O–H groups in total. The van der Waals surface area contributed by atoms with E-state index in [1.165, 1.54) is 5.56 Å². The van der Waals surface area contributed by atoms with Gasteiger partial charge < -0.3 is 5.32 Å². The highest BCUT2D eigenvalue weighted by Gasteiger charge is 2.24. The molecule has 1 aromatic carbocycles. The maximum atomic E-state index is 11.8. The van der Waals surface area contributed by atoms with E-state index in [9.17, 15) is 4.79 Å². The van der Waals surface area contributed by atoms with Crippen LogP contribution in [0.1, 0.15) is 29.7 Å². The molecule has 1 aliphatic heterocycles. The van der Waals surface area contributed by atoms with E-state index >= 15 is 0 Å². The first-order chi connectivity index (χ1) is 8.75. The van der Waals surface area contributed by atoms with Crippen molar-refractivity contribution in [3.8, 4) is 0 Å². The molecule has 1 aliphatic rings. The van der Waals surface area contributed by atoms with Crippen molar-refractivity contribution in [3.63, 3.8) is 0 Å². The Bertz CT molecular complexity index is 607. The molecule has 2 aromatic rings. The van der Waals surface area contributed by atoms with E-state index in [0.717, 1.165) is 23.4 Å². The number of pyridine rings is 1. The molecule has 0 spiro atoms. The van der Waals surface area contributed by atoms with Crippen molar-refractivity contribution in [1.29, 1.82) is 0 Å². The highest BCUT2D eigenvalue weighted by atomic mass is 16.1. The molecule has 18 heavy (non-hydrogen) atoms. The van der Waals surface area contributed by atoms with Gasteiger partial charge >= 0.3 is 0 Å². The molecule has 0 radical (unpaired) electrons. The SMILES string of the molecule is CC(=O)[C@H]1Nc2ncccc2Cc2ccccc21. The molecule has 0 fully saturated rings. The maximum Gasteiger partial charge on any atom is 0.156 e. The molecule has 3 rings (SSSR count). The smallest absolute Gasteiger partial charge is 0.156 e. The number of carbonyl (C=O) groups is 1. The summed E-state index contributed by atoms with van der Waals surface area (Å²) in [5, 5.41) is 3.25. The van der Waals surface area contributed by atoms with E-state index < -0.39 is 0 Å². The van der Waals surface area contributed by atoms with Gasteiger partial charge in [-0.15, -0.1) is 0 Å². The van der Waals surface area contributed by atoms with Gasteiger partial charge in [0, 0.05) is 12.6 Å². The predicted molar refractivity (Wildman–Crippen MR) is 70.5 cm³/mol. The number of carbonyl (C=O) groups excluding carboxylic acids is 1. The van der Waals surface area contributed by atoms with E-state index in [4.69, 9.17) is 0 Å². The third kappa shape index (κ3) is 1.78. The van der Waals surface area contributed by atoms with E-state index in [0.29, 0.717) is 0 Å². The molecule has 2 heterocycles. The summed E-state index contributed by atoms with van der Waals surface area (Å²) in [6, 6.07) is 11.8. The first kappa shape index (κ1) is 11.0. The molecule has 1 atom stereocenters. The summed E-state index contributed by atoms with van der Waals surface area (Å²) in [5.41, 5.74) is 3.38. The summed E-state index contributed by atoms with van der Waals surface area (Å²) in [6.45, 7) is 1.61. The molecule has 0 unspecified atom stereocenters. The predicted octanol–water partition coefficient (Wildman–Crippen LogP) is 2.73. The molecule has 0 saturated heterocycles. The van der Waals surface area contributed by atoms with Crippen molar-refractivity contribution in [1.82, 2.24) is 4.98 Å². The van der Waals surface area contributed by atoms with Crippen molar-refractivity contribution in [2.75, 3.05) is 5.32 Å². The van der Waals surface area contributed by atoms with Crippen LogP contribution in [0.15, 0.2) is 42.6 Å². The topological polar surface area (TPSA) is 42.0 Å². The Balaban J connectivity index is 2.17. The van der Waals surface area contributed by atoms with Crippen LogP contribution in [0, 0.1) is 0 Å². The van der Waals surface area contributed by atoms with Crippen molar-refractivity contribution in [3.05, 3.63) is 59.3 Å². The summed E-state index contributed by atoms with van der Waals surface area (Å²) in [6.07, 6.45) is 2.56. The second-order valence-corrected chi connectivity index (χ2v) is 4.57. The number of ketones is 1. The normalized spacial score (nSPS) is 17.1. The summed E-state index contributed by atoms with van der Waals surface area (Å²) in [4.78, 5) is 16.2. The van der Waals surface area contributed by atoms with E-state index in [-0.39, 0.29) is 11.8 Å². The quantitative estimate of drug-likeness (QED) is 0.830. The lowest BCUT2D eigenvalue weighted by Gasteiger charge is -2.16. The van der Waals surface area contributed by atoms with Crippen LogP contribution in [0.5, 0.6) is 0 Å². The van der Waals surface area contributed by atoms with Crippen LogP contribution in [0.4, 0.5) is 5.82 Å². The number of hydrogen-bond acceptors (Lipinski definition) is 3. The van der Waals surface area contributed by atoms with Gasteiger partial charge in [0.2, 0.25) is 0 Å². The molecule has 90 valence electrons. The molecule has 3 nitrogen and oxygen atoms in total. The maximum absolute atomic E-state index is 11.8. The minimum absolute atomic E-state index is 0.112. The lowest BCUT2D eigenvalue weighted by atomic mass is 9.96. The first-order valence-electron chi connectivity index (χ1n) is 6.04. The number of nitrogens with zero attached hydrogens (tertiary/aromatic N) is 1. The van der Waals surface area contributed by atoms with Crippen LogP contribution in [-0.4, -0.2) is 10.8 Å². The zero-order valence-electron chi connectivity index (χ0n) is 10.2. The average molecular weight is 238 g/mol. The Labute approximate surface area is 106 Å². The van der Waals surface area contributed by atoms with Crippen LogP contribution in [0.3, 0.4) is 0 Å². The average Bonchev–Trinajstić information content (AvgIpc) is 2.55. The number of anilines is 1. The number of Topliss-reactive ketones (excluding diaryl/α,β-unsaturated/α-hetero) is 1. The fourth-order valence-electron chi connectivity index (χ4n) is 2.43. The Hall–Kier alpha value is -2.16. The van der Waals surface area contributed by atoms with Gasteiger partial charge in [0.15, 0.2) is 5.78 Å². The minimum Gasteiger partial charge on any atom is -0.356 e. The molecule has 1 aromatic heterocycles. The summed E-state index contributed by atoms with van der Waals surface area (Å²) >= 11 is 0. The number of benzene rings is 1. The van der Waals surface area contributed by atoms with Gasteiger partial charge in [-0.1, -0.05) is 30.3 Å². The van der Waals surface area contributed by atoms with Crippen LogP contribution in [0.2, 0.25) is 0 Å². The Morgan fingerprint density at radius 2 is 2.00 bits per heavy atom. The van der Waals surface area contributed by atoms with Crippen molar-refractivity contribution >= 4 is 11.6 Å². The zero-order valence-corrected chi connectivity index (χ0v) is 10.2. The summed E-state index contributed by atoms with van der Waals surface area (Å²) < 4.78 is 0. The van der Waals surface area contributed by atoms with Gasteiger partial charge in [0.25, 0.3) is 0 Å². The third-order valence-corrected chi connectivity index (χ3v) is 3.33. The van der Waals surface area contributed by atoms with E-state index in [2.05, 4.69) is 22.4 Å². The lowest BCUT2D eigenvalue weighted by molar-refractivity contribution is -0.117. The number of rotatable bonds is 1. The fraction of sp³-hybridized carbons (Fsp3) is 0.200. The van der Waals surface area contributed by atoms with Gasteiger partial charge in [-0.2, -0.15) is 0 Å². The second kappa shape index (κ2) is 4.26. The lowest BCUT2D eigenvalue weighted by Crippen LogP contribution is -2.19. The van der Waals surface area contributed by atoms with Crippen molar-refractivity contribution in [2.45, 2.75) is 19.4 Å². The first-order valence-corrected chi connectivity index (χ1v) is 6.04. The van der Waals surface area contributed by atoms with Gasteiger partial charge in [0.1, 0.15) is 11.9 Å². The van der Waals surface area contributed by atoms with Gasteiger partial charge in [-0.05, 0) is 29.7 Å². The van der Waals surface area contributed by atoms with E-state index in [1.54, 1.807) is 13.1 Å². The standard InChI is InChI=1S/C15H14N2O/c1-10(18)14-13-7-3-2-5-11(13)9-12-6-4-8-16-15(12)17-14/h2-8,14H,9H2,1H3,(H,16,17)/t14-/m1/s1. The zero-order chi connectivity index (χ0) is 12.5. The van der Waals surface area contributed by atoms with Crippen LogP contribution >= 0.6 is 0 Å². The van der Waals surface area contributed by atoms with Crippen LogP contribution in [-0.2, 0) is 11.2 Å². The van der Waals surface area contributed by atoms with Crippen molar-refractivity contribution in [2.24, 2.45) is 0 Å². The number of hydrogen-bond donors (Lipinski definition) is 1. The van der Waals surface area contributed by atoms with Crippen molar-refractivity contribution < 1.29 is 4.79 Å². The Morgan fingerprint density at radius 1 is 1.22 bits per heavy atom. The largest absolute Gasteiger partial charge is 0.356 e. The minimum atomic E-state index is -0.294. The molecule has 0 amide bonds.